The van der Waals surface area contributed by atoms with Crippen molar-refractivity contribution in [3.8, 4) is 5.75 Å². The molecule has 1 aliphatic carbocycles. The number of ether oxygens (including phenoxy) is 1. The Labute approximate surface area is 127 Å². The summed E-state index contributed by atoms with van der Waals surface area (Å²) in [6.45, 7) is 8.34. The molecule has 4 nitrogen and oxygen atoms in total. The molecule has 0 radical (unpaired) electrons. The first-order valence-corrected chi connectivity index (χ1v) is 7.70. The van der Waals surface area contributed by atoms with Crippen LogP contribution >= 0.6 is 0 Å². The SMILES string of the molecule is CC(C)(C)c1ccc(OCCNC(=O)NCC2CC2)cc1. The lowest BCUT2D eigenvalue weighted by molar-refractivity contribution is 0.236. The second-order valence-electron chi connectivity index (χ2n) is 6.70. The van der Waals surface area contributed by atoms with E-state index in [4.69, 9.17) is 4.74 Å². The van der Waals surface area contributed by atoms with Crippen LogP contribution in [0.5, 0.6) is 5.75 Å². The molecule has 2 amide bonds. The molecule has 0 bridgehead atoms. The lowest BCUT2D eigenvalue weighted by Crippen LogP contribution is -2.38. The van der Waals surface area contributed by atoms with Crippen molar-refractivity contribution >= 4 is 6.03 Å². The average molecular weight is 290 g/mol. The molecule has 2 rings (SSSR count). The first-order valence-electron chi connectivity index (χ1n) is 7.70. The van der Waals surface area contributed by atoms with Gasteiger partial charge in [0, 0.05) is 6.54 Å². The number of carbonyl (C=O) groups excluding carboxylic acids is 1. The zero-order chi connectivity index (χ0) is 15.3. The zero-order valence-electron chi connectivity index (χ0n) is 13.2. The number of benzene rings is 1. The number of rotatable bonds is 6. The summed E-state index contributed by atoms with van der Waals surface area (Å²) in [5.41, 5.74) is 1.44. The van der Waals surface area contributed by atoms with Crippen molar-refractivity contribution in [2.75, 3.05) is 19.7 Å². The van der Waals surface area contributed by atoms with Gasteiger partial charge >= 0.3 is 6.03 Å². The van der Waals surface area contributed by atoms with Gasteiger partial charge in [0.25, 0.3) is 0 Å². The van der Waals surface area contributed by atoms with E-state index in [0.29, 0.717) is 19.1 Å². The highest BCUT2D eigenvalue weighted by molar-refractivity contribution is 5.73. The van der Waals surface area contributed by atoms with E-state index in [2.05, 4.69) is 43.5 Å². The van der Waals surface area contributed by atoms with Gasteiger partial charge < -0.3 is 15.4 Å². The smallest absolute Gasteiger partial charge is 0.314 e. The molecule has 1 aromatic rings. The van der Waals surface area contributed by atoms with E-state index < -0.39 is 0 Å². The molecule has 1 fully saturated rings. The van der Waals surface area contributed by atoms with Crippen molar-refractivity contribution < 1.29 is 9.53 Å². The molecular weight excluding hydrogens is 264 g/mol. The molecule has 0 spiro atoms. The van der Waals surface area contributed by atoms with Gasteiger partial charge in [-0.2, -0.15) is 0 Å². The summed E-state index contributed by atoms with van der Waals surface area (Å²) in [6, 6.07) is 8.03. The molecule has 1 aliphatic rings. The van der Waals surface area contributed by atoms with Crippen LogP contribution in [0.3, 0.4) is 0 Å². The molecule has 2 N–H and O–H groups in total. The van der Waals surface area contributed by atoms with Crippen LogP contribution in [0.25, 0.3) is 0 Å². The van der Waals surface area contributed by atoms with Crippen molar-refractivity contribution in [3.05, 3.63) is 29.8 Å². The second kappa shape index (κ2) is 6.83. The molecule has 0 atom stereocenters. The van der Waals surface area contributed by atoms with Crippen LogP contribution in [0.2, 0.25) is 0 Å². The van der Waals surface area contributed by atoms with Gasteiger partial charge in [0.05, 0.1) is 6.54 Å². The van der Waals surface area contributed by atoms with Crippen LogP contribution in [0, 0.1) is 5.92 Å². The van der Waals surface area contributed by atoms with Crippen LogP contribution < -0.4 is 15.4 Å². The van der Waals surface area contributed by atoms with E-state index in [9.17, 15) is 4.79 Å². The maximum atomic E-state index is 11.5. The summed E-state index contributed by atoms with van der Waals surface area (Å²) >= 11 is 0. The van der Waals surface area contributed by atoms with Crippen molar-refractivity contribution in [1.82, 2.24) is 10.6 Å². The maximum Gasteiger partial charge on any atom is 0.314 e. The number of carbonyl (C=O) groups is 1. The van der Waals surface area contributed by atoms with E-state index in [0.717, 1.165) is 12.3 Å². The lowest BCUT2D eigenvalue weighted by atomic mass is 9.87. The Hall–Kier alpha value is -1.71. The van der Waals surface area contributed by atoms with E-state index >= 15 is 0 Å². The normalized spacial score (nSPS) is 14.6. The Balaban J connectivity index is 1.62. The molecule has 0 aromatic heterocycles. The molecule has 0 aliphatic heterocycles. The summed E-state index contributed by atoms with van der Waals surface area (Å²) in [5.74, 6) is 1.54. The third kappa shape index (κ3) is 5.66. The van der Waals surface area contributed by atoms with Crippen molar-refractivity contribution in [3.63, 3.8) is 0 Å². The highest BCUT2D eigenvalue weighted by atomic mass is 16.5. The fraction of sp³-hybridized carbons (Fsp3) is 0.588. The lowest BCUT2D eigenvalue weighted by Gasteiger charge is -2.19. The summed E-state index contributed by atoms with van der Waals surface area (Å²) in [6.07, 6.45) is 2.49. The maximum absolute atomic E-state index is 11.5. The Kier molecular flexibility index (Phi) is 5.10. The van der Waals surface area contributed by atoms with Gasteiger partial charge in [0.2, 0.25) is 0 Å². The van der Waals surface area contributed by atoms with Gasteiger partial charge in [-0.05, 0) is 41.9 Å². The Morgan fingerprint density at radius 1 is 1.19 bits per heavy atom. The average Bonchev–Trinajstić information content (AvgIpc) is 3.25. The third-order valence-electron chi connectivity index (χ3n) is 3.62. The molecule has 21 heavy (non-hydrogen) atoms. The minimum atomic E-state index is -0.103. The van der Waals surface area contributed by atoms with E-state index in [1.165, 1.54) is 18.4 Å². The molecule has 1 saturated carbocycles. The quantitative estimate of drug-likeness (QED) is 0.791. The molecule has 116 valence electrons. The predicted octanol–water partition coefficient (Wildman–Crippen LogP) is 3.07. The van der Waals surface area contributed by atoms with E-state index in [1.807, 2.05) is 12.1 Å². The monoisotopic (exact) mass is 290 g/mol. The summed E-state index contributed by atoms with van der Waals surface area (Å²) in [7, 11) is 0. The minimum Gasteiger partial charge on any atom is -0.492 e. The Morgan fingerprint density at radius 3 is 2.43 bits per heavy atom. The summed E-state index contributed by atoms with van der Waals surface area (Å²) in [4.78, 5) is 11.5. The van der Waals surface area contributed by atoms with Crippen LogP contribution in [-0.2, 0) is 5.41 Å². The van der Waals surface area contributed by atoms with Crippen molar-refractivity contribution in [2.24, 2.45) is 5.92 Å². The fourth-order valence-electron chi connectivity index (χ4n) is 2.01. The van der Waals surface area contributed by atoms with Gasteiger partial charge in [-0.3, -0.25) is 0 Å². The first-order chi connectivity index (χ1) is 9.95. The van der Waals surface area contributed by atoms with Crippen LogP contribution in [0.4, 0.5) is 4.79 Å². The summed E-state index contributed by atoms with van der Waals surface area (Å²) < 4.78 is 5.62. The molecule has 4 heteroatoms. The zero-order valence-corrected chi connectivity index (χ0v) is 13.2. The topological polar surface area (TPSA) is 50.4 Å². The molecular formula is C17H26N2O2. The molecule has 0 unspecified atom stereocenters. The van der Waals surface area contributed by atoms with Crippen molar-refractivity contribution in [1.29, 1.82) is 0 Å². The number of hydrogen-bond acceptors (Lipinski definition) is 2. The highest BCUT2D eigenvalue weighted by Crippen LogP contribution is 2.27. The summed E-state index contributed by atoms with van der Waals surface area (Å²) in [5, 5.41) is 5.66. The van der Waals surface area contributed by atoms with Gasteiger partial charge in [-0.15, -0.1) is 0 Å². The Bertz CT molecular complexity index is 459. The second-order valence-corrected chi connectivity index (χ2v) is 6.70. The van der Waals surface area contributed by atoms with Gasteiger partial charge in [0.15, 0.2) is 0 Å². The standard InChI is InChI=1S/C17H26N2O2/c1-17(2,3)14-6-8-15(9-7-14)21-11-10-18-16(20)19-12-13-4-5-13/h6-9,13H,4-5,10-12H2,1-3H3,(H2,18,19,20). The first kappa shape index (κ1) is 15.7. The van der Waals surface area contributed by atoms with Crippen LogP contribution in [0.15, 0.2) is 24.3 Å². The van der Waals surface area contributed by atoms with Crippen LogP contribution in [-0.4, -0.2) is 25.7 Å². The fourth-order valence-corrected chi connectivity index (χ4v) is 2.01. The molecule has 0 heterocycles. The number of hydrogen-bond donors (Lipinski definition) is 2. The largest absolute Gasteiger partial charge is 0.492 e. The molecule has 0 saturated heterocycles. The van der Waals surface area contributed by atoms with Gasteiger partial charge in [-0.25, -0.2) is 4.79 Å². The van der Waals surface area contributed by atoms with Gasteiger partial charge in [-0.1, -0.05) is 32.9 Å². The Morgan fingerprint density at radius 2 is 1.86 bits per heavy atom. The van der Waals surface area contributed by atoms with Crippen LogP contribution in [0.1, 0.15) is 39.2 Å². The number of amides is 2. The number of urea groups is 1. The van der Waals surface area contributed by atoms with E-state index in [-0.39, 0.29) is 11.4 Å². The van der Waals surface area contributed by atoms with Crippen molar-refractivity contribution in [2.45, 2.75) is 39.0 Å². The van der Waals surface area contributed by atoms with Gasteiger partial charge in [0.1, 0.15) is 12.4 Å². The van der Waals surface area contributed by atoms with E-state index in [1.54, 1.807) is 0 Å². The minimum absolute atomic E-state index is 0.103. The predicted molar refractivity (Wildman–Crippen MR) is 84.8 cm³/mol. The molecule has 1 aromatic carbocycles. The number of nitrogens with one attached hydrogen (secondary N) is 2. The third-order valence-corrected chi connectivity index (χ3v) is 3.62. The highest BCUT2D eigenvalue weighted by Gasteiger charge is 2.21.